The van der Waals surface area contributed by atoms with Crippen molar-refractivity contribution in [2.75, 3.05) is 24.5 Å². The van der Waals surface area contributed by atoms with Crippen LogP contribution >= 0.6 is 0 Å². The van der Waals surface area contributed by atoms with Crippen molar-refractivity contribution in [2.45, 2.75) is 52.6 Å². The van der Waals surface area contributed by atoms with Crippen LogP contribution < -0.4 is 10.2 Å². The average molecular weight is 378 g/mol. The lowest BCUT2D eigenvalue weighted by Gasteiger charge is -2.30. The minimum Gasteiger partial charge on any atom is -0.356 e. The van der Waals surface area contributed by atoms with Crippen molar-refractivity contribution in [3.8, 4) is 0 Å². The molecule has 0 bridgehead atoms. The van der Waals surface area contributed by atoms with Crippen LogP contribution in [0, 0.1) is 13.8 Å². The molecule has 0 aliphatic carbocycles. The molecule has 0 radical (unpaired) electrons. The van der Waals surface area contributed by atoms with E-state index in [1.165, 1.54) is 41.7 Å². The van der Waals surface area contributed by atoms with Crippen LogP contribution in [0.3, 0.4) is 0 Å². The molecule has 1 aliphatic heterocycles. The van der Waals surface area contributed by atoms with E-state index in [-0.39, 0.29) is 0 Å². The SMILES string of the molecule is Cc1cc(C)n(CCCNCc2cc3ccccc3nc2N2CCCCC2)n1. The summed E-state index contributed by atoms with van der Waals surface area (Å²) in [7, 11) is 0. The lowest BCUT2D eigenvalue weighted by molar-refractivity contribution is 0.530. The maximum absolute atomic E-state index is 5.03. The Balaban J connectivity index is 1.42. The topological polar surface area (TPSA) is 46.0 Å². The number of nitrogens with one attached hydrogen (secondary N) is 1. The summed E-state index contributed by atoms with van der Waals surface area (Å²) in [6, 6.07) is 12.9. The van der Waals surface area contributed by atoms with Gasteiger partial charge in [-0.05, 0) is 64.3 Å². The van der Waals surface area contributed by atoms with Gasteiger partial charge in [-0.1, -0.05) is 18.2 Å². The van der Waals surface area contributed by atoms with Gasteiger partial charge in [-0.2, -0.15) is 5.10 Å². The van der Waals surface area contributed by atoms with Crippen LogP contribution in [0.4, 0.5) is 5.82 Å². The normalized spacial score (nSPS) is 14.7. The Bertz CT molecular complexity index is 924. The maximum Gasteiger partial charge on any atom is 0.133 e. The van der Waals surface area contributed by atoms with Gasteiger partial charge in [-0.25, -0.2) is 4.98 Å². The van der Waals surface area contributed by atoms with Crippen molar-refractivity contribution < 1.29 is 0 Å². The van der Waals surface area contributed by atoms with Gasteiger partial charge in [0.1, 0.15) is 5.82 Å². The zero-order valence-corrected chi connectivity index (χ0v) is 17.1. The maximum atomic E-state index is 5.03. The molecule has 2 aromatic heterocycles. The molecule has 1 fully saturated rings. The third-order valence-corrected chi connectivity index (χ3v) is 5.58. The Kier molecular flexibility index (Phi) is 5.91. The van der Waals surface area contributed by atoms with E-state index >= 15 is 0 Å². The molecular formula is C23H31N5. The van der Waals surface area contributed by atoms with Crippen LogP contribution in [0.5, 0.6) is 0 Å². The van der Waals surface area contributed by atoms with Gasteiger partial charge in [0.15, 0.2) is 0 Å². The number of fused-ring (bicyclic) bond motifs is 1. The van der Waals surface area contributed by atoms with E-state index < -0.39 is 0 Å². The van der Waals surface area contributed by atoms with Gasteiger partial charge >= 0.3 is 0 Å². The van der Waals surface area contributed by atoms with Crippen LogP contribution in [0.25, 0.3) is 10.9 Å². The standard InChI is InChI=1S/C23H31N5/c1-18-15-19(2)28(26-18)14-8-11-24-17-21-16-20-9-4-5-10-22(20)25-23(21)27-12-6-3-7-13-27/h4-5,9-10,15-16,24H,3,6-8,11-14,17H2,1-2H3. The predicted molar refractivity (Wildman–Crippen MR) is 116 cm³/mol. The lowest BCUT2D eigenvalue weighted by atomic mass is 10.1. The van der Waals surface area contributed by atoms with E-state index in [2.05, 4.69) is 70.2 Å². The smallest absolute Gasteiger partial charge is 0.133 e. The van der Waals surface area contributed by atoms with E-state index in [9.17, 15) is 0 Å². The number of hydrogen-bond donors (Lipinski definition) is 1. The molecule has 148 valence electrons. The minimum atomic E-state index is 0.862. The highest BCUT2D eigenvalue weighted by Crippen LogP contribution is 2.26. The van der Waals surface area contributed by atoms with Crippen molar-refractivity contribution >= 4 is 16.7 Å². The summed E-state index contributed by atoms with van der Waals surface area (Å²) < 4.78 is 2.10. The highest BCUT2D eigenvalue weighted by atomic mass is 15.3. The largest absolute Gasteiger partial charge is 0.356 e. The zero-order valence-electron chi connectivity index (χ0n) is 17.1. The first kappa shape index (κ1) is 18.9. The molecule has 0 unspecified atom stereocenters. The molecule has 1 aromatic carbocycles. The number of aromatic nitrogens is 3. The van der Waals surface area contributed by atoms with Crippen LogP contribution in [-0.2, 0) is 13.1 Å². The van der Waals surface area contributed by atoms with Crippen molar-refractivity contribution in [2.24, 2.45) is 0 Å². The molecule has 0 spiro atoms. The van der Waals surface area contributed by atoms with Crippen molar-refractivity contribution in [3.63, 3.8) is 0 Å². The number of rotatable bonds is 7. The molecule has 5 heteroatoms. The second kappa shape index (κ2) is 8.74. The fourth-order valence-corrected chi connectivity index (χ4v) is 4.14. The van der Waals surface area contributed by atoms with Gasteiger partial charge in [0.25, 0.3) is 0 Å². The van der Waals surface area contributed by atoms with E-state index in [0.717, 1.165) is 50.4 Å². The first-order valence-electron chi connectivity index (χ1n) is 10.6. The average Bonchev–Trinajstić information content (AvgIpc) is 3.04. The fraction of sp³-hybridized carbons (Fsp3) is 0.478. The zero-order chi connectivity index (χ0) is 19.3. The molecule has 0 saturated carbocycles. The molecule has 3 heterocycles. The van der Waals surface area contributed by atoms with Crippen LogP contribution in [-0.4, -0.2) is 34.4 Å². The van der Waals surface area contributed by atoms with Crippen molar-refractivity contribution in [1.29, 1.82) is 0 Å². The Hall–Kier alpha value is -2.40. The number of anilines is 1. The summed E-state index contributed by atoms with van der Waals surface area (Å²) in [5.41, 5.74) is 4.74. The van der Waals surface area contributed by atoms with Gasteiger partial charge in [-0.3, -0.25) is 4.68 Å². The fourth-order valence-electron chi connectivity index (χ4n) is 4.14. The molecule has 0 atom stereocenters. The second-order valence-corrected chi connectivity index (χ2v) is 7.89. The number of piperidine rings is 1. The van der Waals surface area contributed by atoms with Gasteiger partial charge in [0.05, 0.1) is 11.2 Å². The van der Waals surface area contributed by atoms with E-state index in [1.807, 2.05) is 0 Å². The Morgan fingerprint density at radius 1 is 1.04 bits per heavy atom. The quantitative estimate of drug-likeness (QED) is 0.626. The molecule has 1 N–H and O–H groups in total. The molecule has 3 aromatic rings. The molecular weight excluding hydrogens is 346 g/mol. The highest BCUT2D eigenvalue weighted by Gasteiger charge is 2.16. The van der Waals surface area contributed by atoms with E-state index in [4.69, 9.17) is 4.98 Å². The summed E-state index contributed by atoms with van der Waals surface area (Å²) in [5.74, 6) is 1.17. The van der Waals surface area contributed by atoms with Crippen LogP contribution in [0.15, 0.2) is 36.4 Å². The molecule has 4 rings (SSSR count). The number of aryl methyl sites for hydroxylation is 3. The van der Waals surface area contributed by atoms with Gasteiger partial charge in [0.2, 0.25) is 0 Å². The van der Waals surface area contributed by atoms with Crippen molar-refractivity contribution in [3.05, 3.63) is 53.3 Å². The molecule has 28 heavy (non-hydrogen) atoms. The van der Waals surface area contributed by atoms with Gasteiger partial charge < -0.3 is 10.2 Å². The summed E-state index contributed by atoms with van der Waals surface area (Å²) in [6.07, 6.45) is 4.94. The summed E-state index contributed by atoms with van der Waals surface area (Å²) >= 11 is 0. The number of para-hydroxylation sites is 1. The third kappa shape index (κ3) is 4.36. The monoisotopic (exact) mass is 377 g/mol. The number of nitrogens with zero attached hydrogens (tertiary/aromatic N) is 4. The van der Waals surface area contributed by atoms with Crippen LogP contribution in [0.1, 0.15) is 42.6 Å². The summed E-state index contributed by atoms with van der Waals surface area (Å²) in [5, 5.41) is 9.41. The van der Waals surface area contributed by atoms with Crippen molar-refractivity contribution in [1.82, 2.24) is 20.1 Å². The predicted octanol–water partition coefficient (Wildman–Crippen LogP) is 4.22. The minimum absolute atomic E-state index is 0.862. The highest BCUT2D eigenvalue weighted by molar-refractivity contribution is 5.81. The number of pyridine rings is 1. The Morgan fingerprint density at radius 3 is 2.64 bits per heavy atom. The Morgan fingerprint density at radius 2 is 1.86 bits per heavy atom. The Labute approximate surface area is 167 Å². The third-order valence-electron chi connectivity index (χ3n) is 5.58. The lowest BCUT2D eigenvalue weighted by Crippen LogP contribution is -2.32. The number of benzene rings is 1. The number of hydrogen-bond acceptors (Lipinski definition) is 4. The van der Waals surface area contributed by atoms with Gasteiger partial charge in [0, 0.05) is 42.8 Å². The van der Waals surface area contributed by atoms with Crippen LogP contribution in [0.2, 0.25) is 0 Å². The molecule has 5 nitrogen and oxygen atoms in total. The summed E-state index contributed by atoms with van der Waals surface area (Å²) in [6.45, 7) is 9.22. The van der Waals surface area contributed by atoms with Gasteiger partial charge in [-0.15, -0.1) is 0 Å². The van der Waals surface area contributed by atoms with E-state index in [1.54, 1.807) is 0 Å². The first-order chi connectivity index (χ1) is 13.7. The molecule has 1 saturated heterocycles. The molecule has 1 aliphatic rings. The second-order valence-electron chi connectivity index (χ2n) is 7.89. The first-order valence-corrected chi connectivity index (χ1v) is 10.6. The van der Waals surface area contributed by atoms with E-state index in [0.29, 0.717) is 0 Å². The summed E-state index contributed by atoms with van der Waals surface area (Å²) in [4.78, 5) is 7.51. The molecule has 0 amide bonds.